The molecular weight excluding hydrogens is 512 g/mol. The summed E-state index contributed by atoms with van der Waals surface area (Å²) in [5, 5.41) is 3.93. The van der Waals surface area contributed by atoms with Crippen molar-refractivity contribution in [3.05, 3.63) is 38.8 Å². The molecule has 0 fully saturated rings. The largest absolute Gasteiger partial charge is 0.497 e. The fourth-order valence-corrected chi connectivity index (χ4v) is 3.69. The van der Waals surface area contributed by atoms with Gasteiger partial charge in [-0.2, -0.15) is 5.10 Å². The van der Waals surface area contributed by atoms with Gasteiger partial charge in [0.1, 0.15) is 11.5 Å². The van der Waals surface area contributed by atoms with Gasteiger partial charge in [-0.3, -0.25) is 4.79 Å². The molecule has 10 heteroatoms. The van der Waals surface area contributed by atoms with E-state index in [2.05, 4.69) is 42.4 Å². The first-order chi connectivity index (χ1) is 13.9. The van der Waals surface area contributed by atoms with E-state index in [4.69, 9.17) is 23.7 Å². The molecule has 0 aromatic heterocycles. The predicted octanol–water partition coefficient (Wildman–Crippen LogP) is 3.78. The van der Waals surface area contributed by atoms with Crippen LogP contribution in [0.15, 0.2) is 38.3 Å². The zero-order chi connectivity index (χ0) is 21.4. The maximum Gasteiger partial charge on any atom is 0.277 e. The standard InChI is InChI=1S/C19H20Br2N2O6/c1-25-12-7-13(20)18(14(21)8-12)29-10-17(24)23-22-9-11-5-15(26-2)19(28-4)16(6-11)27-3/h5-9H,10H2,1-4H3,(H,23,24). The maximum atomic E-state index is 12.0. The number of hydrogen-bond donors (Lipinski definition) is 1. The molecule has 1 amide bonds. The topological polar surface area (TPSA) is 87.6 Å². The molecule has 0 aliphatic heterocycles. The van der Waals surface area contributed by atoms with Gasteiger partial charge in [0.2, 0.25) is 5.75 Å². The number of benzene rings is 2. The summed E-state index contributed by atoms with van der Waals surface area (Å²) < 4.78 is 27.8. The Morgan fingerprint density at radius 3 is 2.00 bits per heavy atom. The molecule has 0 heterocycles. The number of methoxy groups -OCH3 is 4. The summed E-state index contributed by atoms with van der Waals surface area (Å²) in [4.78, 5) is 12.0. The van der Waals surface area contributed by atoms with Crippen molar-refractivity contribution in [1.82, 2.24) is 5.43 Å². The molecule has 0 aliphatic rings. The highest BCUT2D eigenvalue weighted by Crippen LogP contribution is 2.38. The summed E-state index contributed by atoms with van der Waals surface area (Å²) in [7, 11) is 6.13. The van der Waals surface area contributed by atoms with Crippen LogP contribution in [-0.4, -0.2) is 47.2 Å². The van der Waals surface area contributed by atoms with Gasteiger partial charge >= 0.3 is 0 Å². The van der Waals surface area contributed by atoms with Crippen LogP contribution in [0.3, 0.4) is 0 Å². The van der Waals surface area contributed by atoms with Gasteiger partial charge in [0, 0.05) is 5.56 Å². The number of carbonyl (C=O) groups is 1. The summed E-state index contributed by atoms with van der Waals surface area (Å²) in [6.07, 6.45) is 1.46. The van der Waals surface area contributed by atoms with E-state index in [0.29, 0.717) is 43.3 Å². The van der Waals surface area contributed by atoms with Crippen molar-refractivity contribution in [3.8, 4) is 28.7 Å². The van der Waals surface area contributed by atoms with Gasteiger partial charge in [-0.1, -0.05) is 0 Å². The van der Waals surface area contributed by atoms with Crippen LogP contribution >= 0.6 is 31.9 Å². The molecule has 0 bridgehead atoms. The molecule has 0 spiro atoms. The van der Waals surface area contributed by atoms with Crippen molar-refractivity contribution in [2.24, 2.45) is 5.10 Å². The number of carbonyl (C=O) groups excluding carboxylic acids is 1. The van der Waals surface area contributed by atoms with Gasteiger partial charge in [0.05, 0.1) is 43.6 Å². The molecule has 29 heavy (non-hydrogen) atoms. The quantitative estimate of drug-likeness (QED) is 0.391. The Bertz CT molecular complexity index is 856. The van der Waals surface area contributed by atoms with Crippen LogP contribution in [0.5, 0.6) is 28.7 Å². The molecular formula is C19H20Br2N2O6. The Kier molecular flexibility index (Phi) is 8.59. The van der Waals surface area contributed by atoms with E-state index in [-0.39, 0.29) is 6.61 Å². The average Bonchev–Trinajstić information content (AvgIpc) is 2.71. The van der Waals surface area contributed by atoms with E-state index in [1.165, 1.54) is 27.5 Å². The lowest BCUT2D eigenvalue weighted by molar-refractivity contribution is -0.123. The summed E-state index contributed by atoms with van der Waals surface area (Å²) in [6, 6.07) is 6.89. The van der Waals surface area contributed by atoms with E-state index < -0.39 is 5.91 Å². The van der Waals surface area contributed by atoms with E-state index in [1.807, 2.05) is 0 Å². The molecule has 0 saturated heterocycles. The van der Waals surface area contributed by atoms with E-state index in [0.717, 1.165) is 0 Å². The van der Waals surface area contributed by atoms with Gasteiger partial charge < -0.3 is 23.7 Å². The third-order valence-electron chi connectivity index (χ3n) is 3.65. The minimum atomic E-state index is -0.427. The molecule has 1 N–H and O–H groups in total. The number of hydrogen-bond acceptors (Lipinski definition) is 7. The molecule has 8 nitrogen and oxygen atoms in total. The normalized spacial score (nSPS) is 10.6. The highest BCUT2D eigenvalue weighted by Gasteiger charge is 2.13. The number of hydrazone groups is 1. The zero-order valence-electron chi connectivity index (χ0n) is 16.2. The van der Waals surface area contributed by atoms with Gasteiger partial charge in [-0.25, -0.2) is 5.43 Å². The molecule has 2 aromatic rings. The molecule has 0 atom stereocenters. The van der Waals surface area contributed by atoms with Crippen molar-refractivity contribution in [3.63, 3.8) is 0 Å². The summed E-state index contributed by atoms with van der Waals surface area (Å²) >= 11 is 6.76. The molecule has 156 valence electrons. The Morgan fingerprint density at radius 1 is 0.931 bits per heavy atom. The monoisotopic (exact) mass is 530 g/mol. The Balaban J connectivity index is 2.00. The van der Waals surface area contributed by atoms with Crippen molar-refractivity contribution in [2.75, 3.05) is 35.0 Å². The Hall–Kier alpha value is -2.46. The molecule has 0 saturated carbocycles. The lowest BCUT2D eigenvalue weighted by Gasteiger charge is -2.12. The average molecular weight is 532 g/mol. The van der Waals surface area contributed by atoms with Crippen LogP contribution in [0.25, 0.3) is 0 Å². The highest BCUT2D eigenvalue weighted by molar-refractivity contribution is 9.11. The van der Waals surface area contributed by atoms with Crippen LogP contribution in [0.4, 0.5) is 0 Å². The first kappa shape index (κ1) is 22.8. The number of ether oxygens (including phenoxy) is 5. The zero-order valence-corrected chi connectivity index (χ0v) is 19.4. The van der Waals surface area contributed by atoms with E-state index in [9.17, 15) is 4.79 Å². The fraction of sp³-hybridized carbons (Fsp3) is 0.263. The number of nitrogens with one attached hydrogen (secondary N) is 1. The van der Waals surface area contributed by atoms with Crippen LogP contribution < -0.4 is 29.1 Å². The number of rotatable bonds is 9. The number of nitrogens with zero attached hydrogens (tertiary/aromatic N) is 1. The Labute approximate surface area is 185 Å². The highest BCUT2D eigenvalue weighted by atomic mass is 79.9. The van der Waals surface area contributed by atoms with Crippen LogP contribution in [0, 0.1) is 0 Å². The predicted molar refractivity (Wildman–Crippen MR) is 116 cm³/mol. The van der Waals surface area contributed by atoms with Crippen molar-refractivity contribution in [1.29, 1.82) is 0 Å². The van der Waals surface area contributed by atoms with Crippen molar-refractivity contribution < 1.29 is 28.5 Å². The third kappa shape index (κ3) is 6.01. The van der Waals surface area contributed by atoms with Gasteiger partial charge in [0.15, 0.2) is 18.1 Å². The van der Waals surface area contributed by atoms with Crippen molar-refractivity contribution >= 4 is 44.0 Å². The summed E-state index contributed by atoms with van der Waals surface area (Å²) in [5.41, 5.74) is 3.06. The fourth-order valence-electron chi connectivity index (χ4n) is 2.32. The lowest BCUT2D eigenvalue weighted by atomic mass is 10.2. The van der Waals surface area contributed by atoms with Crippen LogP contribution in [-0.2, 0) is 4.79 Å². The van der Waals surface area contributed by atoms with Gasteiger partial charge in [-0.15, -0.1) is 0 Å². The maximum absolute atomic E-state index is 12.0. The van der Waals surface area contributed by atoms with Gasteiger partial charge in [-0.05, 0) is 56.1 Å². The van der Waals surface area contributed by atoms with E-state index in [1.54, 1.807) is 31.4 Å². The summed E-state index contributed by atoms with van der Waals surface area (Å²) in [6.45, 7) is -0.226. The Morgan fingerprint density at radius 2 is 1.52 bits per heavy atom. The second-order valence-corrected chi connectivity index (χ2v) is 7.17. The number of halogens is 2. The smallest absolute Gasteiger partial charge is 0.277 e. The molecule has 0 unspecified atom stereocenters. The second kappa shape index (κ2) is 10.9. The summed E-state index contributed by atoms with van der Waals surface area (Å²) in [5.74, 6) is 2.14. The number of amides is 1. The minimum Gasteiger partial charge on any atom is -0.497 e. The van der Waals surface area contributed by atoms with Crippen molar-refractivity contribution in [2.45, 2.75) is 0 Å². The molecule has 2 rings (SSSR count). The molecule has 0 aliphatic carbocycles. The third-order valence-corrected chi connectivity index (χ3v) is 4.82. The first-order valence-corrected chi connectivity index (χ1v) is 9.79. The molecule has 2 aromatic carbocycles. The second-order valence-electron chi connectivity index (χ2n) is 5.46. The molecule has 0 radical (unpaired) electrons. The van der Waals surface area contributed by atoms with Crippen LogP contribution in [0.2, 0.25) is 0 Å². The SMILES string of the molecule is COc1cc(Br)c(OCC(=O)NN=Cc2cc(OC)c(OC)c(OC)c2)c(Br)c1. The minimum absolute atomic E-state index is 0.226. The van der Waals surface area contributed by atoms with Crippen LogP contribution in [0.1, 0.15) is 5.56 Å². The van der Waals surface area contributed by atoms with E-state index >= 15 is 0 Å². The lowest BCUT2D eigenvalue weighted by Crippen LogP contribution is -2.24. The van der Waals surface area contributed by atoms with Gasteiger partial charge in [0.25, 0.3) is 5.91 Å². The first-order valence-electron chi connectivity index (χ1n) is 8.21.